The van der Waals surface area contributed by atoms with Crippen molar-refractivity contribution in [3.05, 3.63) is 64.7 Å². The SMILES string of the molecule is CC(C(=O)O)N1CCc2ccc(NC(=O)c3ccc(C(=N)N)cc3)cc2C1=O. The van der Waals surface area contributed by atoms with Gasteiger partial charge in [-0.25, -0.2) is 4.79 Å². The lowest BCUT2D eigenvalue weighted by atomic mass is 9.97. The molecule has 1 aliphatic rings. The van der Waals surface area contributed by atoms with Crippen LogP contribution in [-0.2, 0) is 11.2 Å². The number of rotatable bonds is 5. The zero-order valence-corrected chi connectivity index (χ0v) is 15.2. The molecule has 28 heavy (non-hydrogen) atoms. The van der Waals surface area contributed by atoms with E-state index >= 15 is 0 Å². The summed E-state index contributed by atoms with van der Waals surface area (Å²) in [6, 6.07) is 10.4. The Morgan fingerprint density at radius 2 is 1.82 bits per heavy atom. The van der Waals surface area contributed by atoms with E-state index in [0.29, 0.717) is 35.3 Å². The van der Waals surface area contributed by atoms with Crippen LogP contribution < -0.4 is 11.1 Å². The van der Waals surface area contributed by atoms with Crippen LogP contribution in [0.25, 0.3) is 0 Å². The maximum atomic E-state index is 12.7. The quantitative estimate of drug-likeness (QED) is 0.462. The van der Waals surface area contributed by atoms with Crippen LogP contribution in [0.4, 0.5) is 5.69 Å². The van der Waals surface area contributed by atoms with E-state index < -0.39 is 12.0 Å². The molecule has 0 saturated heterocycles. The minimum atomic E-state index is -1.06. The first-order valence-electron chi connectivity index (χ1n) is 8.70. The summed E-state index contributed by atoms with van der Waals surface area (Å²) in [4.78, 5) is 37.7. The molecular weight excluding hydrogens is 360 g/mol. The summed E-state index contributed by atoms with van der Waals surface area (Å²) in [7, 11) is 0. The number of carbonyl (C=O) groups is 3. The number of fused-ring (bicyclic) bond motifs is 1. The van der Waals surface area contributed by atoms with Crippen molar-refractivity contribution in [2.75, 3.05) is 11.9 Å². The lowest BCUT2D eigenvalue weighted by Gasteiger charge is -2.31. The third kappa shape index (κ3) is 3.71. The van der Waals surface area contributed by atoms with Gasteiger partial charge in [-0.15, -0.1) is 0 Å². The van der Waals surface area contributed by atoms with Gasteiger partial charge in [-0.1, -0.05) is 18.2 Å². The normalized spacial score (nSPS) is 14.2. The van der Waals surface area contributed by atoms with Gasteiger partial charge in [-0.2, -0.15) is 0 Å². The number of anilines is 1. The van der Waals surface area contributed by atoms with Crippen LogP contribution in [-0.4, -0.2) is 46.2 Å². The van der Waals surface area contributed by atoms with Crippen LogP contribution in [0.1, 0.15) is 38.8 Å². The van der Waals surface area contributed by atoms with Crippen molar-refractivity contribution in [3.63, 3.8) is 0 Å². The molecule has 1 aliphatic heterocycles. The molecular formula is C20H20N4O4. The number of amides is 2. The first kappa shape index (κ1) is 19.1. The summed E-state index contributed by atoms with van der Waals surface area (Å²) in [5.74, 6) is -1.87. The first-order valence-corrected chi connectivity index (χ1v) is 8.70. The van der Waals surface area contributed by atoms with E-state index in [1.807, 2.05) is 0 Å². The number of carbonyl (C=O) groups excluding carboxylic acids is 2. The van der Waals surface area contributed by atoms with Gasteiger partial charge in [0, 0.05) is 28.9 Å². The maximum Gasteiger partial charge on any atom is 0.326 e. The Kier molecular flexibility index (Phi) is 5.12. The van der Waals surface area contributed by atoms with Crippen LogP contribution >= 0.6 is 0 Å². The summed E-state index contributed by atoms with van der Waals surface area (Å²) < 4.78 is 0. The van der Waals surface area contributed by atoms with E-state index in [9.17, 15) is 19.5 Å². The number of nitrogens with one attached hydrogen (secondary N) is 2. The van der Waals surface area contributed by atoms with Gasteiger partial charge < -0.3 is 21.1 Å². The van der Waals surface area contributed by atoms with Crippen LogP contribution in [0.5, 0.6) is 0 Å². The number of nitrogens with zero attached hydrogens (tertiary/aromatic N) is 1. The number of amidine groups is 1. The summed E-state index contributed by atoms with van der Waals surface area (Å²) >= 11 is 0. The molecule has 8 nitrogen and oxygen atoms in total. The van der Waals surface area contributed by atoms with E-state index in [1.165, 1.54) is 11.8 Å². The third-order valence-corrected chi connectivity index (χ3v) is 4.76. The second-order valence-electron chi connectivity index (χ2n) is 6.58. The van der Waals surface area contributed by atoms with Gasteiger partial charge in [0.1, 0.15) is 11.9 Å². The smallest absolute Gasteiger partial charge is 0.326 e. The highest BCUT2D eigenvalue weighted by Gasteiger charge is 2.31. The summed E-state index contributed by atoms with van der Waals surface area (Å²) in [6.07, 6.45) is 0.555. The Bertz CT molecular complexity index is 969. The van der Waals surface area contributed by atoms with Crippen LogP contribution in [0, 0.1) is 5.41 Å². The zero-order valence-electron chi connectivity index (χ0n) is 15.2. The number of hydrogen-bond donors (Lipinski definition) is 4. The molecule has 0 aliphatic carbocycles. The van der Waals surface area contributed by atoms with Crippen molar-refractivity contribution < 1.29 is 19.5 Å². The summed E-state index contributed by atoms with van der Waals surface area (Å²) in [5.41, 5.74) is 7.96. The number of carboxylic acids is 1. The Labute approximate surface area is 161 Å². The molecule has 1 atom stereocenters. The van der Waals surface area contributed by atoms with Crippen molar-refractivity contribution >= 4 is 29.3 Å². The molecule has 2 aromatic rings. The van der Waals surface area contributed by atoms with E-state index in [0.717, 1.165) is 5.56 Å². The number of carboxylic acid groups (broad SMARTS) is 1. The highest BCUT2D eigenvalue weighted by atomic mass is 16.4. The van der Waals surface area contributed by atoms with Crippen molar-refractivity contribution in [2.24, 2.45) is 5.73 Å². The Balaban J connectivity index is 1.80. The van der Waals surface area contributed by atoms with Gasteiger partial charge in [0.05, 0.1) is 0 Å². The zero-order chi connectivity index (χ0) is 20.4. The molecule has 0 fully saturated rings. The fraction of sp³-hybridized carbons (Fsp3) is 0.200. The maximum absolute atomic E-state index is 12.7. The van der Waals surface area contributed by atoms with Gasteiger partial charge in [0.15, 0.2) is 0 Å². The number of nitrogen functional groups attached to an aromatic ring is 1. The molecule has 0 radical (unpaired) electrons. The molecule has 8 heteroatoms. The Morgan fingerprint density at radius 1 is 1.18 bits per heavy atom. The van der Waals surface area contributed by atoms with E-state index in [-0.39, 0.29) is 17.6 Å². The average molecular weight is 380 g/mol. The molecule has 0 spiro atoms. The molecule has 1 unspecified atom stereocenters. The molecule has 5 N–H and O–H groups in total. The minimum Gasteiger partial charge on any atom is -0.480 e. The fourth-order valence-electron chi connectivity index (χ4n) is 3.08. The second kappa shape index (κ2) is 7.51. The lowest BCUT2D eigenvalue weighted by Crippen LogP contribution is -2.47. The molecule has 2 amide bonds. The van der Waals surface area contributed by atoms with Gasteiger partial charge in [-0.05, 0) is 43.2 Å². The Hall–Kier alpha value is -3.68. The topological polar surface area (TPSA) is 137 Å². The highest BCUT2D eigenvalue weighted by molar-refractivity contribution is 6.06. The monoisotopic (exact) mass is 380 g/mol. The van der Waals surface area contributed by atoms with Gasteiger partial charge in [0.25, 0.3) is 11.8 Å². The van der Waals surface area contributed by atoms with Gasteiger partial charge in [0.2, 0.25) is 0 Å². The number of aliphatic carboxylic acids is 1. The molecule has 0 aromatic heterocycles. The lowest BCUT2D eigenvalue weighted by molar-refractivity contribution is -0.141. The number of nitrogens with two attached hydrogens (primary N) is 1. The van der Waals surface area contributed by atoms with Crippen LogP contribution in [0.2, 0.25) is 0 Å². The predicted molar refractivity (Wildman–Crippen MR) is 104 cm³/mol. The number of hydrogen-bond acceptors (Lipinski definition) is 4. The molecule has 144 valence electrons. The summed E-state index contributed by atoms with van der Waals surface area (Å²) in [6.45, 7) is 1.81. The van der Waals surface area contributed by atoms with Crippen LogP contribution in [0.3, 0.4) is 0 Å². The molecule has 0 bridgehead atoms. The van der Waals surface area contributed by atoms with Crippen molar-refractivity contribution in [1.82, 2.24) is 4.90 Å². The fourth-order valence-corrected chi connectivity index (χ4v) is 3.08. The molecule has 1 heterocycles. The van der Waals surface area contributed by atoms with Gasteiger partial charge in [-0.3, -0.25) is 15.0 Å². The minimum absolute atomic E-state index is 0.0831. The molecule has 0 saturated carbocycles. The largest absolute Gasteiger partial charge is 0.480 e. The van der Waals surface area contributed by atoms with E-state index in [4.69, 9.17) is 11.1 Å². The predicted octanol–water partition coefficient (Wildman–Crippen LogP) is 1.69. The average Bonchev–Trinajstić information content (AvgIpc) is 2.68. The van der Waals surface area contributed by atoms with Crippen LogP contribution in [0.15, 0.2) is 42.5 Å². The number of benzene rings is 2. The highest BCUT2D eigenvalue weighted by Crippen LogP contribution is 2.24. The second-order valence-corrected chi connectivity index (χ2v) is 6.58. The van der Waals surface area contributed by atoms with Gasteiger partial charge >= 0.3 is 5.97 Å². The molecule has 3 rings (SSSR count). The van der Waals surface area contributed by atoms with Crippen molar-refractivity contribution in [3.8, 4) is 0 Å². The van der Waals surface area contributed by atoms with Crippen molar-refractivity contribution in [1.29, 1.82) is 5.41 Å². The molecule has 2 aromatic carbocycles. The summed E-state index contributed by atoms with van der Waals surface area (Å²) in [5, 5.41) is 19.3. The first-order chi connectivity index (χ1) is 13.3. The third-order valence-electron chi connectivity index (χ3n) is 4.76. The standard InChI is InChI=1S/C20H20N4O4/c1-11(20(27)28)24-9-8-12-6-7-15(10-16(12)19(24)26)23-18(25)14-4-2-13(3-5-14)17(21)22/h2-7,10-11H,8-9H2,1H3,(H3,21,22)(H,23,25)(H,27,28). The van der Waals surface area contributed by atoms with Crippen molar-refractivity contribution in [2.45, 2.75) is 19.4 Å². The van der Waals surface area contributed by atoms with E-state index in [1.54, 1.807) is 42.5 Å². The Morgan fingerprint density at radius 3 is 2.43 bits per heavy atom. The van der Waals surface area contributed by atoms with E-state index in [2.05, 4.69) is 5.32 Å².